The summed E-state index contributed by atoms with van der Waals surface area (Å²) in [6, 6.07) is 15.1. The molecule has 0 saturated heterocycles. The highest BCUT2D eigenvalue weighted by Gasteiger charge is 2.13. The average Bonchev–Trinajstić information content (AvgIpc) is 2.60. The van der Waals surface area contributed by atoms with Crippen LogP contribution in [-0.4, -0.2) is 20.2 Å². The molecule has 7 heteroatoms. The Balaban J connectivity index is 2.07. The van der Waals surface area contributed by atoms with Gasteiger partial charge in [0.05, 0.1) is 4.90 Å². The predicted molar refractivity (Wildman–Crippen MR) is 109 cm³/mol. The maximum absolute atomic E-state index is 12.2. The van der Waals surface area contributed by atoms with E-state index < -0.39 is 10.0 Å². The molecule has 0 aliphatic carbocycles. The van der Waals surface area contributed by atoms with Crippen LogP contribution in [0.15, 0.2) is 81.6 Å². The van der Waals surface area contributed by atoms with Gasteiger partial charge in [-0.15, -0.1) is 4.40 Å². The molecule has 140 valence electrons. The molecule has 2 aromatic rings. The fourth-order valence-corrected chi connectivity index (χ4v) is 3.06. The van der Waals surface area contributed by atoms with Gasteiger partial charge in [-0.25, -0.2) is 0 Å². The summed E-state index contributed by atoms with van der Waals surface area (Å²) in [5, 5.41) is 2.67. The Labute approximate surface area is 159 Å². The van der Waals surface area contributed by atoms with Gasteiger partial charge in [0.1, 0.15) is 5.84 Å². The summed E-state index contributed by atoms with van der Waals surface area (Å²) < 4.78 is 28.0. The van der Waals surface area contributed by atoms with Crippen molar-refractivity contribution in [2.24, 2.45) is 10.1 Å². The smallest absolute Gasteiger partial charge is 0.284 e. The number of amidine groups is 1. The molecule has 0 heterocycles. The molecule has 2 rings (SSSR count). The Morgan fingerprint density at radius 3 is 2.26 bits per heavy atom. The highest BCUT2D eigenvalue weighted by molar-refractivity contribution is 7.90. The minimum Gasteiger partial charge on any atom is -0.383 e. The lowest BCUT2D eigenvalue weighted by Crippen LogP contribution is -2.12. The molecule has 3 N–H and O–H groups in total. The van der Waals surface area contributed by atoms with Gasteiger partial charge in [0.25, 0.3) is 10.0 Å². The highest BCUT2D eigenvalue weighted by atomic mass is 32.2. The summed E-state index contributed by atoms with van der Waals surface area (Å²) in [5.41, 5.74) is 7.82. The molecule has 0 aliphatic rings. The number of nitrogens with one attached hydrogen (secondary N) is 1. The molecule has 6 nitrogen and oxygen atoms in total. The average molecular weight is 383 g/mol. The molecule has 0 unspecified atom stereocenters. The van der Waals surface area contributed by atoms with Gasteiger partial charge in [-0.2, -0.15) is 8.42 Å². The van der Waals surface area contributed by atoms with Crippen LogP contribution >= 0.6 is 0 Å². The quantitative estimate of drug-likeness (QED) is 0.454. The van der Waals surface area contributed by atoms with Gasteiger partial charge in [0.15, 0.2) is 0 Å². The second-order valence-corrected chi connectivity index (χ2v) is 7.57. The van der Waals surface area contributed by atoms with Crippen molar-refractivity contribution >= 4 is 33.5 Å². The molecular weight excluding hydrogens is 362 g/mol. The van der Waals surface area contributed by atoms with Gasteiger partial charge in [-0.3, -0.25) is 4.79 Å². The van der Waals surface area contributed by atoms with Gasteiger partial charge in [-0.05, 0) is 55.8 Å². The SMILES string of the molecule is CC(C)=CC(N)=NS(=O)(=O)c1ccc(NC(=O)/C=C/c2ccccc2)cc1. The van der Waals surface area contributed by atoms with Crippen LogP contribution in [0.4, 0.5) is 5.69 Å². The predicted octanol–water partition coefficient (Wildman–Crippen LogP) is 3.35. The van der Waals surface area contributed by atoms with Gasteiger partial charge in [-0.1, -0.05) is 35.9 Å². The minimum atomic E-state index is -3.90. The molecular formula is C20H21N3O3S. The van der Waals surface area contributed by atoms with Crippen molar-refractivity contribution in [3.63, 3.8) is 0 Å². The van der Waals surface area contributed by atoms with Crippen LogP contribution in [-0.2, 0) is 14.8 Å². The van der Waals surface area contributed by atoms with Gasteiger partial charge in [0, 0.05) is 11.8 Å². The van der Waals surface area contributed by atoms with E-state index in [-0.39, 0.29) is 16.6 Å². The van der Waals surface area contributed by atoms with Crippen LogP contribution in [0.3, 0.4) is 0 Å². The number of hydrogen-bond acceptors (Lipinski definition) is 3. The summed E-state index contributed by atoms with van der Waals surface area (Å²) in [7, 11) is -3.90. The van der Waals surface area contributed by atoms with E-state index >= 15 is 0 Å². The van der Waals surface area contributed by atoms with Crippen molar-refractivity contribution in [2.75, 3.05) is 5.32 Å². The van der Waals surface area contributed by atoms with E-state index in [1.165, 1.54) is 36.4 Å². The molecule has 0 atom stereocenters. The van der Waals surface area contributed by atoms with Gasteiger partial charge < -0.3 is 11.1 Å². The Kier molecular flexibility index (Phi) is 6.67. The Morgan fingerprint density at radius 2 is 1.67 bits per heavy atom. The van der Waals surface area contributed by atoms with E-state index in [1.807, 2.05) is 30.3 Å². The van der Waals surface area contributed by atoms with E-state index in [1.54, 1.807) is 19.9 Å². The first-order valence-corrected chi connectivity index (χ1v) is 9.60. The lowest BCUT2D eigenvalue weighted by atomic mass is 10.2. The number of allylic oxidation sites excluding steroid dienone is 1. The Hall–Kier alpha value is -3.19. The summed E-state index contributed by atoms with van der Waals surface area (Å²) in [6.07, 6.45) is 4.57. The van der Waals surface area contributed by atoms with Crippen LogP contribution in [0.25, 0.3) is 6.08 Å². The number of nitrogens with two attached hydrogens (primary N) is 1. The first-order chi connectivity index (χ1) is 12.8. The summed E-state index contributed by atoms with van der Waals surface area (Å²) in [5.74, 6) is -0.404. The van der Waals surface area contributed by atoms with E-state index in [4.69, 9.17) is 5.73 Å². The normalized spacial score (nSPS) is 12.0. The third kappa shape index (κ3) is 6.56. The first kappa shape index (κ1) is 20.1. The first-order valence-electron chi connectivity index (χ1n) is 8.16. The summed E-state index contributed by atoms with van der Waals surface area (Å²) in [6.45, 7) is 3.58. The lowest BCUT2D eigenvalue weighted by Gasteiger charge is -2.04. The number of carbonyl (C=O) groups is 1. The van der Waals surface area contributed by atoms with E-state index in [0.717, 1.165) is 11.1 Å². The number of sulfonamides is 1. The number of hydrogen-bond donors (Lipinski definition) is 2. The number of benzene rings is 2. The van der Waals surface area contributed by atoms with Gasteiger partial charge >= 0.3 is 0 Å². The number of amides is 1. The fourth-order valence-electron chi connectivity index (χ4n) is 2.14. The fraction of sp³-hybridized carbons (Fsp3) is 0.100. The molecule has 1 amide bonds. The molecule has 0 radical (unpaired) electrons. The minimum absolute atomic E-state index is 0.00886. The molecule has 0 aromatic heterocycles. The standard InChI is InChI=1S/C20H21N3O3S/c1-15(2)14-19(21)23-27(25,26)18-11-9-17(10-12-18)22-20(24)13-8-16-6-4-3-5-7-16/h3-14H,1-2H3,(H2,21,23)(H,22,24)/b13-8+. The van der Waals surface area contributed by atoms with Crippen molar-refractivity contribution < 1.29 is 13.2 Å². The van der Waals surface area contributed by atoms with Crippen molar-refractivity contribution in [3.05, 3.63) is 77.9 Å². The van der Waals surface area contributed by atoms with E-state index in [2.05, 4.69) is 9.71 Å². The van der Waals surface area contributed by atoms with Crippen LogP contribution in [0, 0.1) is 0 Å². The van der Waals surface area contributed by atoms with Crippen molar-refractivity contribution in [1.29, 1.82) is 0 Å². The molecule has 0 aliphatic heterocycles. The second-order valence-electron chi connectivity index (χ2n) is 5.97. The zero-order valence-corrected chi connectivity index (χ0v) is 15.9. The number of carbonyl (C=O) groups excluding carboxylic acids is 1. The van der Waals surface area contributed by atoms with E-state index in [0.29, 0.717) is 5.69 Å². The van der Waals surface area contributed by atoms with Crippen LogP contribution in [0.1, 0.15) is 19.4 Å². The number of anilines is 1. The Bertz CT molecular complexity index is 987. The van der Waals surface area contributed by atoms with Crippen molar-refractivity contribution in [1.82, 2.24) is 0 Å². The third-order valence-electron chi connectivity index (χ3n) is 3.31. The highest BCUT2D eigenvalue weighted by Crippen LogP contribution is 2.16. The zero-order chi connectivity index (χ0) is 19.9. The maximum Gasteiger partial charge on any atom is 0.284 e. The maximum atomic E-state index is 12.2. The largest absolute Gasteiger partial charge is 0.383 e. The molecule has 2 aromatic carbocycles. The molecule has 0 fully saturated rings. The van der Waals surface area contributed by atoms with Crippen LogP contribution < -0.4 is 11.1 Å². The number of nitrogens with zero attached hydrogens (tertiary/aromatic N) is 1. The topological polar surface area (TPSA) is 102 Å². The molecule has 27 heavy (non-hydrogen) atoms. The molecule has 0 saturated carbocycles. The molecule has 0 bridgehead atoms. The second kappa shape index (κ2) is 8.95. The monoisotopic (exact) mass is 383 g/mol. The van der Waals surface area contributed by atoms with Gasteiger partial charge in [0.2, 0.25) is 5.91 Å². The number of rotatable bonds is 6. The van der Waals surface area contributed by atoms with E-state index in [9.17, 15) is 13.2 Å². The zero-order valence-electron chi connectivity index (χ0n) is 15.1. The summed E-state index contributed by atoms with van der Waals surface area (Å²) >= 11 is 0. The van der Waals surface area contributed by atoms with Crippen molar-refractivity contribution in [2.45, 2.75) is 18.7 Å². The van der Waals surface area contributed by atoms with Crippen LogP contribution in [0.5, 0.6) is 0 Å². The third-order valence-corrected chi connectivity index (χ3v) is 4.63. The summed E-state index contributed by atoms with van der Waals surface area (Å²) in [4.78, 5) is 11.9. The lowest BCUT2D eigenvalue weighted by molar-refractivity contribution is -0.111. The molecule has 0 spiro atoms. The van der Waals surface area contributed by atoms with Crippen LogP contribution in [0.2, 0.25) is 0 Å². The van der Waals surface area contributed by atoms with Crippen molar-refractivity contribution in [3.8, 4) is 0 Å². The Morgan fingerprint density at radius 1 is 1.04 bits per heavy atom.